The lowest BCUT2D eigenvalue weighted by molar-refractivity contribution is -0.132. The molecule has 0 aromatic heterocycles. The highest BCUT2D eigenvalue weighted by molar-refractivity contribution is 7.89. The van der Waals surface area contributed by atoms with Gasteiger partial charge in [-0.15, -0.1) is 0 Å². The zero-order valence-electron chi connectivity index (χ0n) is 18.6. The number of benzene rings is 2. The van der Waals surface area contributed by atoms with Gasteiger partial charge < -0.3 is 14.2 Å². The monoisotopic (exact) mass is 510 g/mol. The molecule has 2 aromatic carbocycles. The average Bonchev–Trinajstić information content (AvgIpc) is 3.08. The molecule has 2 amide bonds. The number of sulfonamides is 1. The number of hydrogen-bond acceptors (Lipinski definition) is 8. The van der Waals surface area contributed by atoms with Crippen molar-refractivity contribution in [2.45, 2.75) is 30.6 Å². The molecule has 1 atom stereocenters. The van der Waals surface area contributed by atoms with E-state index in [4.69, 9.17) is 25.8 Å². The fraction of sp³-hybridized carbons (Fsp3) is 0.318. The van der Waals surface area contributed by atoms with Crippen molar-refractivity contribution in [3.8, 4) is 5.75 Å². The Morgan fingerprint density at radius 3 is 2.21 bits per heavy atom. The number of methoxy groups -OCH3 is 2. The lowest BCUT2D eigenvalue weighted by Crippen LogP contribution is -2.49. The maximum atomic E-state index is 13.5. The summed E-state index contributed by atoms with van der Waals surface area (Å²) in [7, 11) is -1.57. The van der Waals surface area contributed by atoms with Crippen LogP contribution in [0, 0.1) is 0 Å². The first-order chi connectivity index (χ1) is 16.1. The van der Waals surface area contributed by atoms with Crippen molar-refractivity contribution in [3.05, 3.63) is 53.6 Å². The molecule has 3 rings (SSSR count). The summed E-state index contributed by atoms with van der Waals surface area (Å²) >= 11 is 5.88. The van der Waals surface area contributed by atoms with E-state index in [1.807, 2.05) is 0 Å². The topological polar surface area (TPSA) is 120 Å². The number of halogens is 1. The highest BCUT2D eigenvalue weighted by Gasteiger charge is 2.47. The molecule has 1 aliphatic heterocycles. The molecule has 2 aromatic rings. The molecule has 0 spiro atoms. The van der Waals surface area contributed by atoms with E-state index in [0.29, 0.717) is 5.02 Å². The van der Waals surface area contributed by atoms with Crippen LogP contribution in [0.25, 0.3) is 0 Å². The summed E-state index contributed by atoms with van der Waals surface area (Å²) in [6.45, 7) is 0.913. The Bertz CT molecular complexity index is 1160. The van der Waals surface area contributed by atoms with Crippen molar-refractivity contribution in [1.29, 1.82) is 0 Å². The lowest BCUT2D eigenvalue weighted by Gasteiger charge is -2.29. The van der Waals surface area contributed by atoms with Gasteiger partial charge in [0.05, 0.1) is 23.5 Å². The van der Waals surface area contributed by atoms with Gasteiger partial charge in [-0.2, -0.15) is 4.31 Å². The summed E-state index contributed by atoms with van der Waals surface area (Å²) in [4.78, 5) is 38.0. The largest absolute Gasteiger partial charge is 0.427 e. The van der Waals surface area contributed by atoms with Crippen LogP contribution in [0.4, 0.5) is 5.69 Å². The van der Waals surface area contributed by atoms with Gasteiger partial charge in [0, 0.05) is 26.2 Å². The molecule has 1 unspecified atom stereocenters. The van der Waals surface area contributed by atoms with Crippen LogP contribution < -0.4 is 9.64 Å². The van der Waals surface area contributed by atoms with E-state index in [1.165, 1.54) is 69.7 Å². The summed E-state index contributed by atoms with van der Waals surface area (Å²) in [5, 5.41) is 0.340. The minimum atomic E-state index is -4.24. The van der Waals surface area contributed by atoms with Crippen LogP contribution in [0.15, 0.2) is 53.4 Å². The number of anilines is 1. The molecule has 1 fully saturated rings. The molecule has 0 radical (unpaired) electrons. The maximum Gasteiger partial charge on any atom is 0.308 e. The summed E-state index contributed by atoms with van der Waals surface area (Å²) in [6, 6.07) is 9.85. The number of nitrogens with zero attached hydrogens (tertiary/aromatic N) is 2. The molecule has 12 heteroatoms. The predicted molar refractivity (Wildman–Crippen MR) is 122 cm³/mol. The standard InChI is InChI=1S/C22H23ClN2O8S/c1-14(26)33-17-8-6-16(7-9-17)25-20(27)12-19(22(25)28)24(13-21(31-2)32-3)34(29,30)18-10-4-15(23)5-11-18/h4-11,19,21H,12-13H2,1-3H3. The minimum Gasteiger partial charge on any atom is -0.427 e. The number of rotatable bonds is 9. The molecule has 10 nitrogen and oxygen atoms in total. The van der Waals surface area contributed by atoms with Gasteiger partial charge in [-0.1, -0.05) is 11.6 Å². The quantitative estimate of drug-likeness (QED) is 0.218. The third-order valence-corrected chi connectivity index (χ3v) is 7.24. The Kier molecular flexibility index (Phi) is 8.05. The number of amides is 2. The number of esters is 1. The van der Waals surface area contributed by atoms with Crippen molar-refractivity contribution >= 4 is 45.1 Å². The highest BCUT2D eigenvalue weighted by atomic mass is 35.5. The number of ether oxygens (including phenoxy) is 3. The van der Waals surface area contributed by atoms with E-state index >= 15 is 0 Å². The second-order valence-corrected chi connectivity index (χ2v) is 9.63. The summed E-state index contributed by atoms with van der Waals surface area (Å²) < 4.78 is 43.1. The number of carbonyl (C=O) groups excluding carboxylic acids is 3. The predicted octanol–water partition coefficient (Wildman–Crippen LogP) is 2.21. The van der Waals surface area contributed by atoms with Crippen LogP contribution in [0.2, 0.25) is 5.02 Å². The van der Waals surface area contributed by atoms with Crippen molar-refractivity contribution in [3.63, 3.8) is 0 Å². The Morgan fingerprint density at radius 1 is 1.09 bits per heavy atom. The zero-order chi connectivity index (χ0) is 25.0. The Balaban J connectivity index is 1.96. The second kappa shape index (κ2) is 10.6. The van der Waals surface area contributed by atoms with Gasteiger partial charge in [-0.3, -0.25) is 14.4 Å². The summed E-state index contributed by atoms with van der Waals surface area (Å²) in [5.74, 6) is -1.59. The number of imide groups is 1. The first-order valence-corrected chi connectivity index (χ1v) is 11.9. The molecule has 0 saturated carbocycles. The summed E-state index contributed by atoms with van der Waals surface area (Å²) in [5.41, 5.74) is 0.215. The molecule has 0 aliphatic carbocycles. The van der Waals surface area contributed by atoms with Gasteiger partial charge in [-0.25, -0.2) is 13.3 Å². The Hall–Kier alpha value is -2.83. The van der Waals surface area contributed by atoms with E-state index in [2.05, 4.69) is 0 Å². The SMILES string of the molecule is COC(CN(C1CC(=O)N(c2ccc(OC(C)=O)cc2)C1=O)S(=O)(=O)c1ccc(Cl)cc1)OC. The minimum absolute atomic E-state index is 0.104. The number of hydrogen-bond donors (Lipinski definition) is 0. The molecule has 1 saturated heterocycles. The fourth-order valence-corrected chi connectivity index (χ4v) is 5.16. The van der Waals surface area contributed by atoms with Gasteiger partial charge in [0.1, 0.15) is 11.8 Å². The third-order valence-electron chi connectivity index (χ3n) is 5.10. The molecule has 182 valence electrons. The van der Waals surface area contributed by atoms with E-state index in [-0.39, 0.29) is 29.3 Å². The average molecular weight is 511 g/mol. The van der Waals surface area contributed by atoms with Crippen LogP contribution in [0.5, 0.6) is 5.75 Å². The normalized spacial score (nSPS) is 16.5. The van der Waals surface area contributed by atoms with Crippen LogP contribution in [-0.2, 0) is 33.9 Å². The molecule has 34 heavy (non-hydrogen) atoms. The molecular formula is C22H23ClN2O8S. The lowest BCUT2D eigenvalue weighted by atomic mass is 10.2. The van der Waals surface area contributed by atoms with Crippen LogP contribution >= 0.6 is 11.6 Å². The first-order valence-electron chi connectivity index (χ1n) is 10.1. The van der Waals surface area contributed by atoms with Crippen LogP contribution in [0.1, 0.15) is 13.3 Å². The van der Waals surface area contributed by atoms with E-state index in [0.717, 1.165) is 9.21 Å². The third kappa shape index (κ3) is 5.45. The van der Waals surface area contributed by atoms with Gasteiger partial charge in [-0.05, 0) is 48.5 Å². The van der Waals surface area contributed by atoms with E-state index < -0.39 is 40.1 Å². The Labute approximate surface area is 202 Å². The van der Waals surface area contributed by atoms with Gasteiger partial charge in [0.25, 0.3) is 5.91 Å². The van der Waals surface area contributed by atoms with Crippen molar-refractivity contribution < 1.29 is 37.0 Å². The van der Waals surface area contributed by atoms with Crippen molar-refractivity contribution in [1.82, 2.24) is 4.31 Å². The highest BCUT2D eigenvalue weighted by Crippen LogP contribution is 2.31. The molecular weight excluding hydrogens is 488 g/mol. The van der Waals surface area contributed by atoms with Crippen molar-refractivity contribution in [2.75, 3.05) is 25.7 Å². The maximum absolute atomic E-state index is 13.5. The van der Waals surface area contributed by atoms with E-state index in [1.54, 1.807) is 0 Å². The first kappa shape index (κ1) is 25.8. The summed E-state index contributed by atoms with van der Waals surface area (Å²) in [6.07, 6.45) is -1.36. The Morgan fingerprint density at radius 2 is 1.68 bits per heavy atom. The van der Waals surface area contributed by atoms with Crippen LogP contribution in [0.3, 0.4) is 0 Å². The molecule has 1 heterocycles. The van der Waals surface area contributed by atoms with Gasteiger partial charge >= 0.3 is 5.97 Å². The van der Waals surface area contributed by atoms with E-state index in [9.17, 15) is 22.8 Å². The van der Waals surface area contributed by atoms with Crippen molar-refractivity contribution in [2.24, 2.45) is 0 Å². The van der Waals surface area contributed by atoms with Gasteiger partial charge in [0.15, 0.2) is 6.29 Å². The molecule has 0 bridgehead atoms. The fourth-order valence-electron chi connectivity index (χ4n) is 3.47. The molecule has 0 N–H and O–H groups in total. The smallest absolute Gasteiger partial charge is 0.308 e. The molecule has 1 aliphatic rings. The zero-order valence-corrected chi connectivity index (χ0v) is 20.2. The van der Waals surface area contributed by atoms with Gasteiger partial charge in [0.2, 0.25) is 15.9 Å². The number of carbonyl (C=O) groups is 3. The second-order valence-electron chi connectivity index (χ2n) is 7.30. The van der Waals surface area contributed by atoms with Crippen LogP contribution in [-0.4, -0.2) is 63.6 Å².